The van der Waals surface area contributed by atoms with Crippen LogP contribution in [0.2, 0.25) is 0 Å². The molecule has 4 rings (SSSR count). The van der Waals surface area contributed by atoms with Gasteiger partial charge in [-0.15, -0.1) is 11.3 Å². The van der Waals surface area contributed by atoms with E-state index in [-0.39, 0.29) is 11.1 Å². The molecule has 0 radical (unpaired) electrons. The summed E-state index contributed by atoms with van der Waals surface area (Å²) in [4.78, 5) is 20.3. The summed E-state index contributed by atoms with van der Waals surface area (Å²) in [5.74, 6) is -0.441. The van der Waals surface area contributed by atoms with E-state index in [1.54, 1.807) is 28.9 Å². The summed E-state index contributed by atoms with van der Waals surface area (Å²) in [6.45, 7) is 5.72. The Morgan fingerprint density at radius 2 is 2.00 bits per heavy atom. The average molecular weight is 429 g/mol. The van der Waals surface area contributed by atoms with Crippen molar-refractivity contribution in [1.82, 2.24) is 9.55 Å². The third kappa shape index (κ3) is 4.04. The number of para-hydroxylation sites is 1. The van der Waals surface area contributed by atoms with Crippen LogP contribution in [0.15, 0.2) is 35.1 Å². The molecule has 7 heteroatoms. The number of ether oxygens (including phenoxy) is 1. The van der Waals surface area contributed by atoms with Crippen molar-refractivity contribution in [3.05, 3.63) is 57.1 Å². The molecule has 0 saturated carbocycles. The van der Waals surface area contributed by atoms with Crippen molar-refractivity contribution >= 4 is 11.3 Å². The van der Waals surface area contributed by atoms with Gasteiger partial charge in [0.2, 0.25) is 0 Å². The number of thiophene rings is 1. The van der Waals surface area contributed by atoms with Crippen LogP contribution in [-0.2, 0) is 11.3 Å². The molecular formula is C23H25FN2O3S. The Morgan fingerprint density at radius 1 is 1.23 bits per heavy atom. The van der Waals surface area contributed by atoms with Crippen LogP contribution in [0.4, 0.5) is 4.39 Å². The minimum atomic E-state index is -0.728. The van der Waals surface area contributed by atoms with Crippen LogP contribution < -0.4 is 5.56 Å². The minimum absolute atomic E-state index is 0.157. The van der Waals surface area contributed by atoms with E-state index in [1.165, 1.54) is 12.1 Å². The van der Waals surface area contributed by atoms with E-state index < -0.39 is 11.6 Å². The van der Waals surface area contributed by atoms with Crippen molar-refractivity contribution in [3.8, 4) is 27.6 Å². The zero-order valence-electron chi connectivity index (χ0n) is 17.2. The fourth-order valence-electron chi connectivity index (χ4n) is 3.97. The van der Waals surface area contributed by atoms with Gasteiger partial charge in [-0.05, 0) is 63.3 Å². The van der Waals surface area contributed by atoms with E-state index in [1.807, 2.05) is 19.1 Å². The number of halogens is 1. The fourth-order valence-corrected chi connectivity index (χ4v) is 4.93. The van der Waals surface area contributed by atoms with Crippen molar-refractivity contribution in [2.45, 2.75) is 39.7 Å². The lowest BCUT2D eigenvalue weighted by Crippen LogP contribution is -2.28. The van der Waals surface area contributed by atoms with Crippen molar-refractivity contribution in [2.75, 3.05) is 13.2 Å². The van der Waals surface area contributed by atoms with E-state index in [9.17, 15) is 14.3 Å². The Kier molecular flexibility index (Phi) is 6.01. The van der Waals surface area contributed by atoms with Gasteiger partial charge in [-0.1, -0.05) is 6.07 Å². The number of hydrogen-bond acceptors (Lipinski definition) is 5. The van der Waals surface area contributed by atoms with Crippen molar-refractivity contribution in [1.29, 1.82) is 0 Å². The summed E-state index contributed by atoms with van der Waals surface area (Å²) in [5.41, 5.74) is 1.22. The molecule has 3 heterocycles. The lowest BCUT2D eigenvalue weighted by molar-refractivity contribution is 0.0625. The molecule has 1 aromatic carbocycles. The number of nitrogens with zero attached hydrogens (tertiary/aromatic N) is 2. The molecule has 158 valence electrons. The molecule has 0 amide bonds. The lowest BCUT2D eigenvalue weighted by Gasteiger charge is -2.23. The van der Waals surface area contributed by atoms with Gasteiger partial charge in [0.15, 0.2) is 11.6 Å². The second kappa shape index (κ2) is 8.70. The van der Waals surface area contributed by atoms with Crippen LogP contribution in [0.5, 0.6) is 5.75 Å². The summed E-state index contributed by atoms with van der Waals surface area (Å²) < 4.78 is 21.1. The molecule has 30 heavy (non-hydrogen) atoms. The molecular weight excluding hydrogens is 403 g/mol. The molecule has 0 unspecified atom stereocenters. The Balaban J connectivity index is 1.84. The molecule has 0 atom stereocenters. The second-order valence-corrected chi connectivity index (χ2v) is 9.03. The van der Waals surface area contributed by atoms with Crippen molar-refractivity contribution < 1.29 is 14.2 Å². The van der Waals surface area contributed by atoms with Gasteiger partial charge in [0.1, 0.15) is 5.82 Å². The molecule has 1 saturated heterocycles. The number of benzene rings is 1. The molecule has 5 nitrogen and oxygen atoms in total. The predicted octanol–water partition coefficient (Wildman–Crippen LogP) is 4.92. The van der Waals surface area contributed by atoms with Gasteiger partial charge in [0, 0.05) is 29.5 Å². The molecule has 0 spiro atoms. The number of aryl methyl sites for hydroxylation is 2. The highest BCUT2D eigenvalue weighted by Gasteiger charge is 2.22. The van der Waals surface area contributed by atoms with E-state index >= 15 is 0 Å². The number of rotatable bonds is 5. The van der Waals surface area contributed by atoms with Crippen molar-refractivity contribution in [3.63, 3.8) is 0 Å². The molecule has 1 fully saturated rings. The summed E-state index contributed by atoms with van der Waals surface area (Å²) in [6.07, 6.45) is 2.73. The SMILES string of the molecule is Cc1ccc(-c2c(C)nc(-c3cccc(F)c3O)n(CCC3CCOCC3)c2=O)s1. The van der Waals surface area contributed by atoms with Gasteiger partial charge in [-0.3, -0.25) is 9.36 Å². The van der Waals surface area contributed by atoms with Crippen LogP contribution >= 0.6 is 11.3 Å². The normalized spacial score (nSPS) is 14.9. The maximum Gasteiger partial charge on any atom is 0.262 e. The Bertz CT molecular complexity index is 1120. The summed E-state index contributed by atoms with van der Waals surface area (Å²) in [6, 6.07) is 8.23. The standard InChI is InChI=1S/C23H25FN2O3S/c1-14-6-7-19(30-14)20-15(2)25-22(17-4-3-5-18(24)21(17)27)26(23(20)28)11-8-16-9-12-29-13-10-16/h3-7,16,27H,8-13H2,1-2H3. The third-order valence-corrected chi connectivity index (χ3v) is 6.68. The maximum atomic E-state index is 14.0. The summed E-state index contributed by atoms with van der Waals surface area (Å²) >= 11 is 1.55. The topological polar surface area (TPSA) is 64.3 Å². The van der Waals surface area contributed by atoms with Crippen LogP contribution in [0.3, 0.4) is 0 Å². The summed E-state index contributed by atoms with van der Waals surface area (Å²) in [5, 5.41) is 10.3. The van der Waals surface area contributed by atoms with Gasteiger partial charge in [0.05, 0.1) is 16.8 Å². The minimum Gasteiger partial charge on any atom is -0.504 e. The third-order valence-electron chi connectivity index (χ3n) is 5.67. The largest absolute Gasteiger partial charge is 0.504 e. The number of hydrogen-bond donors (Lipinski definition) is 1. The number of phenolic OH excluding ortho intramolecular Hbond substituents is 1. The Labute approximate surface area is 178 Å². The van der Waals surface area contributed by atoms with Gasteiger partial charge in [0.25, 0.3) is 5.56 Å². The molecule has 0 bridgehead atoms. The zero-order chi connectivity index (χ0) is 21.3. The first-order valence-corrected chi connectivity index (χ1v) is 11.0. The number of aromatic hydroxyl groups is 1. The van der Waals surface area contributed by atoms with E-state index in [2.05, 4.69) is 4.98 Å². The van der Waals surface area contributed by atoms with Crippen LogP contribution in [0, 0.1) is 25.6 Å². The first kappa shape index (κ1) is 20.8. The van der Waals surface area contributed by atoms with Gasteiger partial charge in [-0.2, -0.15) is 0 Å². The average Bonchev–Trinajstić information content (AvgIpc) is 3.15. The maximum absolute atomic E-state index is 14.0. The van der Waals surface area contributed by atoms with Gasteiger partial charge >= 0.3 is 0 Å². The zero-order valence-corrected chi connectivity index (χ0v) is 18.0. The Morgan fingerprint density at radius 3 is 2.70 bits per heavy atom. The first-order valence-electron chi connectivity index (χ1n) is 10.2. The quantitative estimate of drug-likeness (QED) is 0.627. The monoisotopic (exact) mass is 428 g/mol. The van der Waals surface area contributed by atoms with Crippen LogP contribution in [-0.4, -0.2) is 27.9 Å². The lowest BCUT2D eigenvalue weighted by atomic mass is 9.96. The van der Waals surface area contributed by atoms with Gasteiger partial charge in [-0.25, -0.2) is 9.37 Å². The van der Waals surface area contributed by atoms with Gasteiger partial charge < -0.3 is 9.84 Å². The molecule has 3 aromatic rings. The van der Waals surface area contributed by atoms with E-state index in [0.29, 0.717) is 29.5 Å². The molecule has 1 aliphatic rings. The molecule has 1 aliphatic heterocycles. The van der Waals surface area contributed by atoms with E-state index in [4.69, 9.17) is 4.74 Å². The highest BCUT2D eigenvalue weighted by atomic mass is 32.1. The first-order chi connectivity index (χ1) is 14.5. The molecule has 2 aromatic heterocycles. The van der Waals surface area contributed by atoms with E-state index in [0.717, 1.165) is 42.2 Å². The highest BCUT2D eigenvalue weighted by molar-refractivity contribution is 7.15. The predicted molar refractivity (Wildman–Crippen MR) is 117 cm³/mol. The fraction of sp³-hybridized carbons (Fsp3) is 0.391. The number of phenols is 1. The van der Waals surface area contributed by atoms with Crippen LogP contribution in [0.25, 0.3) is 21.8 Å². The molecule has 0 aliphatic carbocycles. The second-order valence-electron chi connectivity index (χ2n) is 7.74. The van der Waals surface area contributed by atoms with Crippen molar-refractivity contribution in [2.24, 2.45) is 5.92 Å². The summed E-state index contributed by atoms with van der Waals surface area (Å²) in [7, 11) is 0. The Hall–Kier alpha value is -2.51. The molecule has 1 N–H and O–H groups in total. The van der Waals surface area contributed by atoms with Crippen LogP contribution in [0.1, 0.15) is 29.8 Å². The smallest absolute Gasteiger partial charge is 0.262 e. The number of aromatic nitrogens is 2. The highest BCUT2D eigenvalue weighted by Crippen LogP contribution is 2.33.